The lowest BCUT2D eigenvalue weighted by atomic mass is 10.2. The third-order valence-corrected chi connectivity index (χ3v) is 7.71. The number of hydrogen-bond donors (Lipinski definition) is 1. The van der Waals surface area contributed by atoms with Gasteiger partial charge >= 0.3 is 0 Å². The van der Waals surface area contributed by atoms with E-state index in [1.165, 1.54) is 41.7 Å². The van der Waals surface area contributed by atoms with E-state index < -0.39 is 15.9 Å². The van der Waals surface area contributed by atoms with Crippen LogP contribution in [0, 0.1) is 5.82 Å². The zero-order valence-corrected chi connectivity index (χ0v) is 19.9. The van der Waals surface area contributed by atoms with Gasteiger partial charge in [0, 0.05) is 36.8 Å². The van der Waals surface area contributed by atoms with E-state index in [0.717, 1.165) is 0 Å². The predicted octanol–water partition coefficient (Wildman–Crippen LogP) is 4.25. The van der Waals surface area contributed by atoms with Gasteiger partial charge in [0.2, 0.25) is 10.0 Å². The van der Waals surface area contributed by atoms with Crippen LogP contribution >= 0.6 is 11.6 Å². The quantitative estimate of drug-likeness (QED) is 0.544. The smallest absolute Gasteiger partial charge is 0.255 e. The molecule has 7 nitrogen and oxygen atoms in total. The summed E-state index contributed by atoms with van der Waals surface area (Å²) in [4.78, 5) is 14.5. The number of sulfonamides is 1. The molecule has 0 aromatic heterocycles. The Hall–Kier alpha value is -3.14. The van der Waals surface area contributed by atoms with Gasteiger partial charge in [-0.2, -0.15) is 4.31 Å². The van der Waals surface area contributed by atoms with Crippen molar-refractivity contribution in [1.29, 1.82) is 0 Å². The standard InChI is InChI=1S/C24H23ClFN3O4S/c1-33-23-10-9-19(16-21(23)27-24(30)17-5-4-6-18(25)15-17)34(31,32)29-13-11-28(12-14-29)22-8-3-2-7-20(22)26/h2-10,15-16H,11-14H2,1H3,(H,27,30). The summed E-state index contributed by atoms with van der Waals surface area (Å²) < 4.78 is 47.4. The monoisotopic (exact) mass is 503 g/mol. The predicted molar refractivity (Wildman–Crippen MR) is 130 cm³/mol. The second-order valence-corrected chi connectivity index (χ2v) is 10.0. The molecular formula is C24H23ClFN3O4S. The lowest BCUT2D eigenvalue weighted by Crippen LogP contribution is -2.48. The third kappa shape index (κ3) is 5.01. The molecule has 10 heteroatoms. The summed E-state index contributed by atoms with van der Waals surface area (Å²) >= 11 is 5.97. The van der Waals surface area contributed by atoms with Crippen molar-refractivity contribution in [2.45, 2.75) is 4.90 Å². The molecule has 0 atom stereocenters. The molecule has 1 saturated heterocycles. The molecule has 0 unspecified atom stereocenters. The summed E-state index contributed by atoms with van der Waals surface area (Å²) in [5.41, 5.74) is 1.00. The van der Waals surface area contributed by atoms with Crippen molar-refractivity contribution in [3.05, 3.63) is 83.1 Å². The molecule has 0 radical (unpaired) electrons. The molecule has 1 amide bonds. The Labute approximate surface area is 202 Å². The number of ether oxygens (including phenoxy) is 1. The molecule has 1 fully saturated rings. The topological polar surface area (TPSA) is 79.0 Å². The van der Waals surface area contributed by atoms with Crippen molar-refractivity contribution in [3.63, 3.8) is 0 Å². The highest BCUT2D eigenvalue weighted by Crippen LogP contribution is 2.30. The summed E-state index contributed by atoms with van der Waals surface area (Å²) in [5, 5.41) is 3.11. The number of benzene rings is 3. The summed E-state index contributed by atoms with van der Waals surface area (Å²) in [6, 6.07) is 17.1. The van der Waals surface area contributed by atoms with Crippen LogP contribution in [0.5, 0.6) is 5.75 Å². The Kier molecular flexibility index (Phi) is 7.06. The summed E-state index contributed by atoms with van der Waals surface area (Å²) in [7, 11) is -2.42. The first-order chi connectivity index (χ1) is 16.3. The molecule has 1 aliphatic rings. The van der Waals surface area contributed by atoms with Gasteiger partial charge in [-0.3, -0.25) is 4.79 Å². The normalized spacial score (nSPS) is 14.6. The summed E-state index contributed by atoms with van der Waals surface area (Å²) in [6.07, 6.45) is 0. The zero-order valence-electron chi connectivity index (χ0n) is 18.4. The Morgan fingerprint density at radius 2 is 1.74 bits per heavy atom. The maximum absolute atomic E-state index is 14.1. The van der Waals surface area contributed by atoms with E-state index in [1.54, 1.807) is 36.4 Å². The minimum atomic E-state index is -3.85. The van der Waals surface area contributed by atoms with E-state index in [4.69, 9.17) is 16.3 Å². The number of para-hydroxylation sites is 1. The number of halogens is 2. The van der Waals surface area contributed by atoms with Gasteiger partial charge in [-0.25, -0.2) is 12.8 Å². The van der Waals surface area contributed by atoms with Gasteiger partial charge in [0.15, 0.2) is 0 Å². The fourth-order valence-electron chi connectivity index (χ4n) is 3.80. The lowest BCUT2D eigenvalue weighted by molar-refractivity contribution is 0.102. The van der Waals surface area contributed by atoms with Crippen LogP contribution in [0.3, 0.4) is 0 Å². The maximum atomic E-state index is 14.1. The molecule has 34 heavy (non-hydrogen) atoms. The van der Waals surface area contributed by atoms with E-state index in [9.17, 15) is 17.6 Å². The Balaban J connectivity index is 1.53. The third-order valence-electron chi connectivity index (χ3n) is 5.58. The van der Waals surface area contributed by atoms with Crippen LogP contribution in [0.15, 0.2) is 71.6 Å². The summed E-state index contributed by atoms with van der Waals surface area (Å²) in [6.45, 7) is 1.11. The molecule has 1 aliphatic heterocycles. The van der Waals surface area contributed by atoms with E-state index >= 15 is 0 Å². The fraction of sp³-hybridized carbons (Fsp3) is 0.208. The van der Waals surface area contributed by atoms with Crippen LogP contribution in [0.2, 0.25) is 5.02 Å². The van der Waals surface area contributed by atoms with E-state index in [1.807, 2.05) is 4.90 Å². The van der Waals surface area contributed by atoms with Crippen LogP contribution in [-0.2, 0) is 10.0 Å². The highest BCUT2D eigenvalue weighted by Gasteiger charge is 2.30. The van der Waals surface area contributed by atoms with Crippen molar-refractivity contribution < 1.29 is 22.3 Å². The molecular weight excluding hydrogens is 481 g/mol. The average Bonchev–Trinajstić information content (AvgIpc) is 2.84. The molecule has 1 heterocycles. The minimum Gasteiger partial charge on any atom is -0.495 e. The Bertz CT molecular complexity index is 1310. The number of anilines is 2. The highest BCUT2D eigenvalue weighted by atomic mass is 35.5. The number of methoxy groups -OCH3 is 1. The average molecular weight is 504 g/mol. The van der Waals surface area contributed by atoms with E-state index in [-0.39, 0.29) is 29.5 Å². The molecule has 4 rings (SSSR count). The largest absolute Gasteiger partial charge is 0.495 e. The zero-order chi connectivity index (χ0) is 24.3. The van der Waals surface area contributed by atoms with Crippen LogP contribution < -0.4 is 15.0 Å². The molecule has 0 spiro atoms. The van der Waals surface area contributed by atoms with Crippen LogP contribution in [0.25, 0.3) is 0 Å². The molecule has 178 valence electrons. The molecule has 0 aliphatic carbocycles. The fourth-order valence-corrected chi connectivity index (χ4v) is 5.44. The number of amides is 1. The van der Waals surface area contributed by atoms with Gasteiger partial charge in [-0.1, -0.05) is 29.8 Å². The highest BCUT2D eigenvalue weighted by molar-refractivity contribution is 7.89. The van der Waals surface area contributed by atoms with Gasteiger partial charge in [0.1, 0.15) is 11.6 Å². The Morgan fingerprint density at radius 1 is 1.00 bits per heavy atom. The van der Waals surface area contributed by atoms with Crippen molar-refractivity contribution in [3.8, 4) is 5.75 Å². The maximum Gasteiger partial charge on any atom is 0.255 e. The molecule has 3 aromatic rings. The second kappa shape index (κ2) is 10.0. The minimum absolute atomic E-state index is 0.0223. The number of piperazine rings is 1. The SMILES string of the molecule is COc1ccc(S(=O)(=O)N2CCN(c3ccccc3F)CC2)cc1NC(=O)c1cccc(Cl)c1. The van der Waals surface area contributed by atoms with Crippen LogP contribution in [0.1, 0.15) is 10.4 Å². The lowest BCUT2D eigenvalue weighted by Gasteiger charge is -2.35. The van der Waals surface area contributed by atoms with Gasteiger partial charge < -0.3 is 15.0 Å². The number of nitrogens with zero attached hydrogens (tertiary/aromatic N) is 2. The first-order valence-electron chi connectivity index (χ1n) is 10.5. The first-order valence-corrected chi connectivity index (χ1v) is 12.4. The van der Waals surface area contributed by atoms with E-state index in [0.29, 0.717) is 35.1 Å². The number of nitrogens with one attached hydrogen (secondary N) is 1. The molecule has 3 aromatic carbocycles. The van der Waals surface area contributed by atoms with Crippen molar-refractivity contribution in [2.24, 2.45) is 0 Å². The molecule has 0 saturated carbocycles. The number of carbonyl (C=O) groups excluding carboxylic acids is 1. The van der Waals surface area contributed by atoms with Gasteiger partial charge in [-0.05, 0) is 48.5 Å². The van der Waals surface area contributed by atoms with E-state index in [2.05, 4.69) is 5.32 Å². The summed E-state index contributed by atoms with van der Waals surface area (Å²) in [5.74, 6) is -0.471. The number of hydrogen-bond acceptors (Lipinski definition) is 5. The van der Waals surface area contributed by atoms with Crippen LogP contribution in [-0.4, -0.2) is 51.9 Å². The van der Waals surface area contributed by atoms with Crippen molar-refractivity contribution in [2.75, 3.05) is 43.5 Å². The van der Waals surface area contributed by atoms with Gasteiger partial charge in [-0.15, -0.1) is 0 Å². The Morgan fingerprint density at radius 3 is 2.41 bits per heavy atom. The molecule has 0 bridgehead atoms. The van der Waals surface area contributed by atoms with Crippen LogP contribution in [0.4, 0.5) is 15.8 Å². The first kappa shape index (κ1) is 24.0. The second-order valence-electron chi connectivity index (χ2n) is 7.67. The number of rotatable bonds is 6. The van der Waals surface area contributed by atoms with Gasteiger partial charge in [0.05, 0.1) is 23.4 Å². The van der Waals surface area contributed by atoms with Gasteiger partial charge in [0.25, 0.3) is 5.91 Å². The van der Waals surface area contributed by atoms with Crippen molar-refractivity contribution >= 4 is 38.9 Å². The number of carbonyl (C=O) groups is 1. The van der Waals surface area contributed by atoms with Crippen molar-refractivity contribution in [1.82, 2.24) is 4.31 Å². The molecule has 1 N–H and O–H groups in total.